The molecule has 11 heteroatoms. The summed E-state index contributed by atoms with van der Waals surface area (Å²) in [5, 5.41) is 11.9. The molecule has 0 aromatic heterocycles. The molecular formula is C20H23FN4O5S. The van der Waals surface area contributed by atoms with E-state index in [0.717, 1.165) is 6.26 Å². The second kappa shape index (κ2) is 9.31. The number of carboxylic acid groups (broad SMARTS) is 1. The van der Waals surface area contributed by atoms with Gasteiger partial charge in [-0.15, -0.1) is 0 Å². The summed E-state index contributed by atoms with van der Waals surface area (Å²) < 4.78 is 38.8. The first-order valence-electron chi connectivity index (χ1n) is 9.48. The van der Waals surface area contributed by atoms with Gasteiger partial charge in [-0.3, -0.25) is 14.4 Å². The first-order valence-corrected chi connectivity index (χ1v) is 11.4. The average molecular weight is 450 g/mol. The zero-order valence-electron chi connectivity index (χ0n) is 16.8. The normalized spacial score (nSPS) is 14.8. The number of hydrogen-bond acceptors (Lipinski definition) is 6. The van der Waals surface area contributed by atoms with Crippen molar-refractivity contribution in [2.24, 2.45) is 0 Å². The zero-order valence-corrected chi connectivity index (χ0v) is 17.7. The predicted molar refractivity (Wildman–Crippen MR) is 116 cm³/mol. The van der Waals surface area contributed by atoms with Gasteiger partial charge in [0.1, 0.15) is 5.82 Å². The number of benzene rings is 2. The van der Waals surface area contributed by atoms with E-state index in [1.807, 2.05) is 9.80 Å². The molecule has 0 radical (unpaired) electrons. The lowest BCUT2D eigenvalue weighted by molar-refractivity contribution is -0.117. The van der Waals surface area contributed by atoms with Crippen molar-refractivity contribution in [2.45, 2.75) is 0 Å². The van der Waals surface area contributed by atoms with Gasteiger partial charge in [0, 0.05) is 31.9 Å². The van der Waals surface area contributed by atoms with Crippen LogP contribution in [0.25, 0.3) is 0 Å². The van der Waals surface area contributed by atoms with Gasteiger partial charge in [-0.1, -0.05) is 0 Å². The molecule has 0 saturated carbocycles. The molecule has 1 fully saturated rings. The monoisotopic (exact) mass is 450 g/mol. The largest absolute Gasteiger partial charge is 0.478 e. The maximum absolute atomic E-state index is 13.0. The summed E-state index contributed by atoms with van der Waals surface area (Å²) in [6.07, 6.45) is 1.00. The summed E-state index contributed by atoms with van der Waals surface area (Å²) in [4.78, 5) is 27.4. The first-order chi connectivity index (χ1) is 14.6. The molecular weight excluding hydrogens is 427 g/mol. The van der Waals surface area contributed by atoms with E-state index in [1.54, 1.807) is 6.07 Å². The van der Waals surface area contributed by atoms with E-state index in [-0.39, 0.29) is 29.5 Å². The number of carboxylic acids is 1. The molecule has 3 rings (SSSR count). The molecule has 0 aliphatic carbocycles. The van der Waals surface area contributed by atoms with Crippen LogP contribution < -0.4 is 14.9 Å². The Morgan fingerprint density at radius 3 is 2.29 bits per heavy atom. The number of nitrogens with zero attached hydrogens (tertiary/aromatic N) is 2. The molecule has 3 N–H and O–H groups in total. The van der Waals surface area contributed by atoms with Gasteiger partial charge in [0.25, 0.3) is 0 Å². The molecule has 2 aromatic rings. The maximum Gasteiger partial charge on any atom is 0.335 e. The number of nitrogens with one attached hydrogen (secondary N) is 2. The highest BCUT2D eigenvalue weighted by Crippen LogP contribution is 2.29. The fourth-order valence-electron chi connectivity index (χ4n) is 3.31. The fraction of sp³-hybridized carbons (Fsp3) is 0.300. The van der Waals surface area contributed by atoms with Gasteiger partial charge >= 0.3 is 5.97 Å². The molecule has 1 heterocycles. The maximum atomic E-state index is 13.0. The smallest absolute Gasteiger partial charge is 0.335 e. The lowest BCUT2D eigenvalue weighted by atomic mass is 10.1. The average Bonchev–Trinajstić information content (AvgIpc) is 2.69. The van der Waals surface area contributed by atoms with Crippen molar-refractivity contribution in [2.75, 3.05) is 53.9 Å². The quantitative estimate of drug-likeness (QED) is 0.587. The van der Waals surface area contributed by atoms with Crippen molar-refractivity contribution in [1.29, 1.82) is 0 Å². The molecule has 1 aliphatic rings. The summed E-state index contributed by atoms with van der Waals surface area (Å²) >= 11 is 0. The van der Waals surface area contributed by atoms with Crippen LogP contribution in [0.5, 0.6) is 0 Å². The minimum absolute atomic E-state index is 0.0222. The Hall–Kier alpha value is -3.18. The number of amides is 1. The van der Waals surface area contributed by atoms with Gasteiger partial charge in [-0.05, 0) is 42.5 Å². The zero-order chi connectivity index (χ0) is 22.6. The van der Waals surface area contributed by atoms with Gasteiger partial charge in [0.05, 0.1) is 29.7 Å². The van der Waals surface area contributed by atoms with Crippen LogP contribution in [-0.4, -0.2) is 69.3 Å². The Kier molecular flexibility index (Phi) is 6.76. The number of sulfonamides is 1. The highest BCUT2D eigenvalue weighted by atomic mass is 32.2. The van der Waals surface area contributed by atoms with Gasteiger partial charge in [0.2, 0.25) is 15.9 Å². The molecule has 0 bridgehead atoms. The van der Waals surface area contributed by atoms with E-state index in [4.69, 9.17) is 0 Å². The van der Waals surface area contributed by atoms with Crippen molar-refractivity contribution in [3.8, 4) is 0 Å². The predicted octanol–water partition coefficient (Wildman–Crippen LogP) is 1.66. The molecule has 166 valence electrons. The van der Waals surface area contributed by atoms with Crippen LogP contribution in [0.15, 0.2) is 42.5 Å². The van der Waals surface area contributed by atoms with Gasteiger partial charge in [-0.2, -0.15) is 0 Å². The van der Waals surface area contributed by atoms with Crippen molar-refractivity contribution in [3.63, 3.8) is 0 Å². The van der Waals surface area contributed by atoms with Gasteiger partial charge in [0.15, 0.2) is 0 Å². The number of carbonyl (C=O) groups is 2. The van der Waals surface area contributed by atoms with Gasteiger partial charge < -0.3 is 15.3 Å². The Morgan fingerprint density at radius 2 is 1.71 bits per heavy atom. The minimum atomic E-state index is -3.60. The highest BCUT2D eigenvalue weighted by Gasteiger charge is 2.22. The van der Waals surface area contributed by atoms with Crippen LogP contribution in [0.4, 0.5) is 21.5 Å². The van der Waals surface area contributed by atoms with Crippen LogP contribution in [0.3, 0.4) is 0 Å². The SMILES string of the molecule is CS(=O)(=O)Nc1cc(C(=O)O)ccc1N1CCN(CC(=O)Nc2ccc(F)cc2)CC1. The van der Waals surface area contributed by atoms with Crippen LogP contribution in [-0.2, 0) is 14.8 Å². The van der Waals surface area contributed by atoms with E-state index >= 15 is 0 Å². The highest BCUT2D eigenvalue weighted by molar-refractivity contribution is 7.92. The number of aromatic carboxylic acids is 1. The lowest BCUT2D eigenvalue weighted by Gasteiger charge is -2.36. The van der Waals surface area contributed by atoms with E-state index < -0.39 is 16.0 Å². The molecule has 2 aromatic carbocycles. The van der Waals surface area contributed by atoms with E-state index in [1.165, 1.54) is 36.4 Å². The van der Waals surface area contributed by atoms with Crippen LogP contribution in [0, 0.1) is 5.82 Å². The summed E-state index contributed by atoms with van der Waals surface area (Å²) in [5.41, 5.74) is 1.27. The van der Waals surface area contributed by atoms with Crippen LogP contribution in [0.2, 0.25) is 0 Å². The second-order valence-electron chi connectivity index (χ2n) is 7.23. The molecule has 1 saturated heterocycles. The molecule has 0 spiro atoms. The summed E-state index contributed by atoms with van der Waals surface area (Å²) in [6, 6.07) is 9.81. The van der Waals surface area contributed by atoms with Crippen LogP contribution >= 0.6 is 0 Å². The Morgan fingerprint density at radius 1 is 1.06 bits per heavy atom. The Bertz CT molecular complexity index is 1070. The summed E-state index contributed by atoms with van der Waals surface area (Å²) in [7, 11) is -3.60. The van der Waals surface area contributed by atoms with Crippen molar-refractivity contribution < 1.29 is 27.5 Å². The van der Waals surface area contributed by atoms with Crippen LogP contribution in [0.1, 0.15) is 10.4 Å². The van der Waals surface area contributed by atoms with Gasteiger partial charge in [-0.25, -0.2) is 17.6 Å². The number of carbonyl (C=O) groups excluding carboxylic acids is 1. The van der Waals surface area contributed by atoms with E-state index in [0.29, 0.717) is 37.6 Å². The molecule has 0 atom stereocenters. The van der Waals surface area contributed by atoms with E-state index in [9.17, 15) is 27.5 Å². The standard InChI is InChI=1S/C20H23FN4O5S/c1-31(29,30)23-17-12-14(20(27)28)2-7-18(17)25-10-8-24(9-11-25)13-19(26)22-16-5-3-15(21)4-6-16/h2-7,12,23H,8-11,13H2,1H3,(H,22,26)(H,27,28). The molecule has 1 amide bonds. The Balaban J connectivity index is 1.62. The third-order valence-electron chi connectivity index (χ3n) is 4.75. The minimum Gasteiger partial charge on any atom is -0.478 e. The second-order valence-corrected chi connectivity index (χ2v) is 8.98. The Labute approximate surface area is 179 Å². The molecule has 9 nitrogen and oxygen atoms in total. The lowest BCUT2D eigenvalue weighted by Crippen LogP contribution is -2.48. The fourth-order valence-corrected chi connectivity index (χ4v) is 3.87. The first kappa shape index (κ1) is 22.5. The van der Waals surface area contributed by atoms with E-state index in [2.05, 4.69) is 10.0 Å². The molecule has 0 unspecified atom stereocenters. The number of halogens is 1. The summed E-state index contributed by atoms with van der Waals surface area (Å²) in [5.74, 6) is -1.75. The summed E-state index contributed by atoms with van der Waals surface area (Å²) in [6.45, 7) is 2.31. The van der Waals surface area contributed by atoms with Crippen molar-refractivity contribution in [3.05, 3.63) is 53.8 Å². The number of anilines is 3. The molecule has 31 heavy (non-hydrogen) atoms. The van der Waals surface area contributed by atoms with Crippen molar-refractivity contribution in [1.82, 2.24) is 4.90 Å². The topological polar surface area (TPSA) is 119 Å². The third-order valence-corrected chi connectivity index (χ3v) is 5.34. The van der Waals surface area contributed by atoms with Crippen molar-refractivity contribution >= 4 is 39.0 Å². The third kappa shape index (κ3) is 6.40. The number of hydrogen-bond donors (Lipinski definition) is 3. The number of piperazine rings is 1. The molecule has 1 aliphatic heterocycles. The number of rotatable bonds is 7.